The van der Waals surface area contributed by atoms with Crippen LogP contribution in [0.25, 0.3) is 0 Å². The molecule has 0 amide bonds. The zero-order chi connectivity index (χ0) is 37.2. The van der Waals surface area contributed by atoms with Gasteiger partial charge in [0, 0.05) is 24.9 Å². The molecule has 3 aromatic carbocycles. The molecule has 0 bridgehead atoms. The van der Waals surface area contributed by atoms with Crippen LogP contribution in [-0.4, -0.2) is 24.9 Å². The molecule has 0 aliphatic heterocycles. The van der Waals surface area contributed by atoms with Gasteiger partial charge in [-0.1, -0.05) is 97.1 Å². The minimum absolute atomic E-state index is 0.516. The molecule has 52 heavy (non-hydrogen) atoms. The van der Waals surface area contributed by atoms with Gasteiger partial charge < -0.3 is 0 Å². The Morgan fingerprint density at radius 3 is 1.15 bits per heavy atom. The topological polar surface area (TPSA) is 97.0 Å². The number of aliphatic imine (C=N–C) groups is 4. The number of para-hydroxylation sites is 2. The highest BCUT2D eigenvalue weighted by molar-refractivity contribution is 5.83. The number of rotatable bonds is 16. The third-order valence-corrected chi connectivity index (χ3v) is 7.40. The standard InChI is InChI=1S/C46H44N6/c1-5-15-37(39(17-7-3)27-31-51-45-23-13-11-19-41(45)33-47)25-29-49-35-43-21-9-10-22-44(43)36-50-30-26-38(16-6-2)40(18-8-4)28-32-52-46-24-14-12-20-42(46)34-48/h5-32H,35-36H2,1-4H3/b15-5-,16-6-,17-7-,18-8-,37-25+,38-26+,39-27-,40-28+,49-29?,50-30?,51-31?,52-32?. The molecule has 0 saturated carbocycles. The number of hydrogen-bond acceptors (Lipinski definition) is 6. The van der Waals surface area contributed by atoms with Gasteiger partial charge in [0.1, 0.15) is 12.1 Å². The highest BCUT2D eigenvalue weighted by atomic mass is 14.7. The van der Waals surface area contributed by atoms with Gasteiger partial charge in [-0.2, -0.15) is 10.5 Å². The van der Waals surface area contributed by atoms with Crippen LogP contribution in [0.2, 0.25) is 0 Å². The zero-order valence-corrected chi connectivity index (χ0v) is 30.3. The fourth-order valence-corrected chi connectivity index (χ4v) is 4.90. The molecule has 258 valence electrons. The second kappa shape index (κ2) is 23.6. The molecule has 0 aliphatic rings. The Bertz CT molecular complexity index is 1940. The maximum absolute atomic E-state index is 9.37. The first-order valence-corrected chi connectivity index (χ1v) is 17.0. The van der Waals surface area contributed by atoms with Crippen molar-refractivity contribution in [3.63, 3.8) is 0 Å². The average molecular weight is 681 g/mol. The Kier molecular flexibility index (Phi) is 18.0. The Labute approximate surface area is 309 Å². The number of hydrogen-bond donors (Lipinski definition) is 0. The van der Waals surface area contributed by atoms with Gasteiger partial charge in [0.2, 0.25) is 0 Å². The van der Waals surface area contributed by atoms with E-state index in [9.17, 15) is 10.5 Å². The summed E-state index contributed by atoms with van der Waals surface area (Å²) in [5.41, 5.74) is 8.43. The molecule has 6 heteroatoms. The van der Waals surface area contributed by atoms with Crippen molar-refractivity contribution < 1.29 is 0 Å². The monoisotopic (exact) mass is 680 g/mol. The van der Waals surface area contributed by atoms with E-state index in [1.807, 2.05) is 162 Å². The summed E-state index contributed by atoms with van der Waals surface area (Å²) >= 11 is 0. The van der Waals surface area contributed by atoms with E-state index in [1.165, 1.54) is 0 Å². The lowest BCUT2D eigenvalue weighted by Crippen LogP contribution is -1.92. The Balaban J connectivity index is 1.77. The minimum Gasteiger partial charge on any atom is -0.288 e. The Morgan fingerprint density at radius 2 is 0.808 bits per heavy atom. The van der Waals surface area contributed by atoms with E-state index in [2.05, 4.69) is 34.3 Å². The molecule has 0 fully saturated rings. The zero-order valence-electron chi connectivity index (χ0n) is 30.3. The van der Waals surface area contributed by atoms with Crippen molar-refractivity contribution in [3.05, 3.63) is 190 Å². The highest BCUT2D eigenvalue weighted by Gasteiger charge is 2.02. The maximum atomic E-state index is 9.37. The van der Waals surface area contributed by atoms with Gasteiger partial charge in [0.05, 0.1) is 35.6 Å². The van der Waals surface area contributed by atoms with Gasteiger partial charge >= 0.3 is 0 Å². The van der Waals surface area contributed by atoms with E-state index in [4.69, 9.17) is 9.98 Å². The van der Waals surface area contributed by atoms with Crippen LogP contribution in [0.1, 0.15) is 49.9 Å². The number of nitrogens with zero attached hydrogens (tertiary/aromatic N) is 6. The largest absolute Gasteiger partial charge is 0.288 e. The van der Waals surface area contributed by atoms with Crippen molar-refractivity contribution in [2.45, 2.75) is 40.8 Å². The van der Waals surface area contributed by atoms with Crippen molar-refractivity contribution in [1.29, 1.82) is 10.5 Å². The Morgan fingerprint density at radius 1 is 0.481 bits per heavy atom. The summed E-state index contributed by atoms with van der Waals surface area (Å²) in [6, 6.07) is 27.1. The molecular formula is C46H44N6. The highest BCUT2D eigenvalue weighted by Crippen LogP contribution is 2.20. The molecule has 0 saturated heterocycles. The lowest BCUT2D eigenvalue weighted by molar-refractivity contribution is 0.987. The van der Waals surface area contributed by atoms with E-state index >= 15 is 0 Å². The summed E-state index contributed by atoms with van der Waals surface area (Å²) in [5.74, 6) is 0. The summed E-state index contributed by atoms with van der Waals surface area (Å²) in [6.07, 6.45) is 31.0. The lowest BCUT2D eigenvalue weighted by Gasteiger charge is -2.05. The van der Waals surface area contributed by atoms with Crippen LogP contribution >= 0.6 is 0 Å². The molecule has 0 N–H and O–H groups in total. The van der Waals surface area contributed by atoms with Crippen LogP contribution in [-0.2, 0) is 13.1 Å². The molecular weight excluding hydrogens is 637 g/mol. The second-order valence-electron chi connectivity index (χ2n) is 11.1. The van der Waals surface area contributed by atoms with Gasteiger partial charge in [-0.15, -0.1) is 0 Å². The van der Waals surface area contributed by atoms with Crippen molar-refractivity contribution in [3.8, 4) is 12.1 Å². The average Bonchev–Trinajstić information content (AvgIpc) is 3.17. The minimum atomic E-state index is 0.516. The smallest absolute Gasteiger partial charge is 0.101 e. The lowest BCUT2D eigenvalue weighted by atomic mass is 10.0. The molecule has 0 unspecified atom stereocenters. The van der Waals surface area contributed by atoms with E-state index in [0.717, 1.165) is 33.4 Å². The van der Waals surface area contributed by atoms with Gasteiger partial charge in [0.25, 0.3) is 0 Å². The van der Waals surface area contributed by atoms with E-state index in [0.29, 0.717) is 35.6 Å². The molecule has 0 radical (unpaired) electrons. The van der Waals surface area contributed by atoms with Gasteiger partial charge in [-0.3, -0.25) is 20.0 Å². The first-order valence-electron chi connectivity index (χ1n) is 17.0. The number of benzene rings is 3. The summed E-state index contributed by atoms with van der Waals surface area (Å²) in [6.45, 7) is 8.94. The predicted molar refractivity (Wildman–Crippen MR) is 221 cm³/mol. The van der Waals surface area contributed by atoms with Gasteiger partial charge in [0.15, 0.2) is 0 Å². The fourth-order valence-electron chi connectivity index (χ4n) is 4.90. The van der Waals surface area contributed by atoms with E-state index in [1.54, 1.807) is 24.6 Å². The van der Waals surface area contributed by atoms with E-state index in [-0.39, 0.29) is 0 Å². The summed E-state index contributed by atoms with van der Waals surface area (Å²) < 4.78 is 0. The fraction of sp³-hybridized carbons (Fsp3) is 0.130. The summed E-state index contributed by atoms with van der Waals surface area (Å²) in [5, 5.41) is 18.7. The quantitative estimate of drug-likeness (QED) is 0.111. The maximum Gasteiger partial charge on any atom is 0.101 e. The SMILES string of the molecule is C\C=C/C(=C/C=Nc1ccccc1C#N)C(/C=C\C)=C/C=NCc1ccccc1CN=C/C=C(\C=C/C)C(/C=C\C)=C/C=Nc1ccccc1C#N. The van der Waals surface area contributed by atoms with Crippen LogP contribution in [0.3, 0.4) is 0 Å². The predicted octanol–water partition coefficient (Wildman–Crippen LogP) is 11.4. The van der Waals surface area contributed by atoms with Crippen LogP contribution in [0.5, 0.6) is 0 Å². The van der Waals surface area contributed by atoms with Crippen LogP contribution in [0.15, 0.2) is 188 Å². The molecule has 0 spiro atoms. The molecule has 0 heterocycles. The Hall–Kier alpha value is -6.76. The summed E-state index contributed by atoms with van der Waals surface area (Å²) in [7, 11) is 0. The van der Waals surface area contributed by atoms with Crippen LogP contribution in [0, 0.1) is 22.7 Å². The number of nitriles is 2. The van der Waals surface area contributed by atoms with Gasteiger partial charge in [-0.05, 0) is 110 Å². The molecule has 3 rings (SSSR count). The first kappa shape index (κ1) is 39.7. The van der Waals surface area contributed by atoms with Crippen LogP contribution in [0.4, 0.5) is 11.4 Å². The van der Waals surface area contributed by atoms with Crippen molar-refractivity contribution >= 4 is 36.2 Å². The normalized spacial score (nSPS) is 13.7. The van der Waals surface area contributed by atoms with E-state index < -0.39 is 0 Å². The summed E-state index contributed by atoms with van der Waals surface area (Å²) in [4.78, 5) is 18.5. The van der Waals surface area contributed by atoms with Crippen molar-refractivity contribution in [1.82, 2.24) is 0 Å². The number of allylic oxidation sites excluding steroid dienone is 16. The molecule has 0 aromatic heterocycles. The van der Waals surface area contributed by atoms with Crippen molar-refractivity contribution in [2.24, 2.45) is 20.0 Å². The third-order valence-electron chi connectivity index (χ3n) is 7.40. The molecule has 6 nitrogen and oxygen atoms in total. The van der Waals surface area contributed by atoms with Crippen LogP contribution < -0.4 is 0 Å². The first-order chi connectivity index (χ1) is 25.6. The third kappa shape index (κ3) is 13.3. The molecule has 3 aromatic rings. The second-order valence-corrected chi connectivity index (χ2v) is 11.1. The molecule has 0 aliphatic carbocycles. The van der Waals surface area contributed by atoms with Gasteiger partial charge in [-0.25, -0.2) is 0 Å². The molecule has 0 atom stereocenters. The van der Waals surface area contributed by atoms with Crippen molar-refractivity contribution in [2.75, 3.05) is 0 Å².